The van der Waals surface area contributed by atoms with Gasteiger partial charge in [-0.05, 0) is 38.5 Å². The van der Waals surface area contributed by atoms with Gasteiger partial charge in [0, 0.05) is 32.1 Å². The van der Waals surface area contributed by atoms with Gasteiger partial charge in [0.1, 0.15) is 24.6 Å². The van der Waals surface area contributed by atoms with Crippen LogP contribution in [-0.2, 0) is 30.4 Å². The third kappa shape index (κ3) is 9.50. The Morgan fingerprint density at radius 3 is 2.32 bits per heavy atom. The number of piperazine rings is 1. The van der Waals surface area contributed by atoms with Crippen molar-refractivity contribution in [2.75, 3.05) is 45.9 Å². The zero-order chi connectivity index (χ0) is 27.5. The lowest BCUT2D eigenvalue weighted by atomic mass is 10.0. The van der Waals surface area contributed by atoms with Crippen LogP contribution in [-0.4, -0.2) is 79.3 Å². The molecule has 0 saturated carbocycles. The van der Waals surface area contributed by atoms with Crippen LogP contribution in [0.3, 0.4) is 0 Å². The summed E-state index contributed by atoms with van der Waals surface area (Å²) in [6.07, 6.45) is 1.19. The van der Waals surface area contributed by atoms with Crippen molar-refractivity contribution in [3.8, 4) is 0 Å². The van der Waals surface area contributed by atoms with Gasteiger partial charge in [-0.25, -0.2) is 4.79 Å². The average molecular weight is 530 g/mol. The molecule has 2 atom stereocenters. The molecule has 1 N–H and O–H groups in total. The number of amides is 2. The van der Waals surface area contributed by atoms with E-state index >= 15 is 0 Å². The summed E-state index contributed by atoms with van der Waals surface area (Å²) in [6.45, 7) is 9.52. The first-order chi connectivity index (χ1) is 18.1. The molecule has 2 heterocycles. The zero-order valence-electron chi connectivity index (χ0n) is 22.7. The first kappa shape index (κ1) is 29.2. The minimum atomic E-state index is -0.567. The highest BCUT2D eigenvalue weighted by molar-refractivity contribution is 5.78. The van der Waals surface area contributed by atoms with E-state index in [1.807, 2.05) is 64.1 Å². The van der Waals surface area contributed by atoms with Crippen LogP contribution in [0.25, 0.3) is 0 Å². The summed E-state index contributed by atoms with van der Waals surface area (Å²) >= 11 is 0. The quantitative estimate of drug-likeness (QED) is 0.441. The summed E-state index contributed by atoms with van der Waals surface area (Å²) in [5.74, 6) is 0.0880. The molecule has 10 heteroatoms. The summed E-state index contributed by atoms with van der Waals surface area (Å²) in [6, 6.07) is 12.8. The SMILES string of the molecule is C[C@H](COCC(=O)N1CCN(C(=O)OCc2ccccc2)CC1)[C@H](NCC(=O)OC(C)(C)C)c1ccco1. The third-order valence-corrected chi connectivity index (χ3v) is 6.01. The van der Waals surface area contributed by atoms with Crippen LogP contribution in [0.15, 0.2) is 53.1 Å². The van der Waals surface area contributed by atoms with Gasteiger partial charge >= 0.3 is 12.1 Å². The largest absolute Gasteiger partial charge is 0.468 e. The minimum absolute atomic E-state index is 0.0178. The van der Waals surface area contributed by atoms with Crippen molar-refractivity contribution >= 4 is 18.0 Å². The Hall–Kier alpha value is -3.37. The molecular weight excluding hydrogens is 490 g/mol. The van der Waals surface area contributed by atoms with Crippen molar-refractivity contribution in [1.29, 1.82) is 0 Å². The fourth-order valence-electron chi connectivity index (χ4n) is 4.09. The van der Waals surface area contributed by atoms with Crippen molar-refractivity contribution < 1.29 is 33.0 Å². The molecule has 0 radical (unpaired) electrons. The molecule has 2 aromatic rings. The number of ether oxygens (including phenoxy) is 3. The van der Waals surface area contributed by atoms with Crippen LogP contribution < -0.4 is 5.32 Å². The normalized spacial score (nSPS) is 15.6. The van der Waals surface area contributed by atoms with Gasteiger partial charge in [0.15, 0.2) is 0 Å². The van der Waals surface area contributed by atoms with E-state index < -0.39 is 5.60 Å². The molecule has 1 aliphatic heterocycles. The predicted octanol–water partition coefficient (Wildman–Crippen LogP) is 3.39. The summed E-state index contributed by atoms with van der Waals surface area (Å²) in [7, 11) is 0. The number of carbonyl (C=O) groups is 3. The molecule has 38 heavy (non-hydrogen) atoms. The average Bonchev–Trinajstić information content (AvgIpc) is 3.41. The topological polar surface area (TPSA) is 111 Å². The van der Waals surface area contributed by atoms with Gasteiger partial charge < -0.3 is 28.4 Å². The van der Waals surface area contributed by atoms with E-state index in [1.165, 1.54) is 0 Å². The Morgan fingerprint density at radius 2 is 1.68 bits per heavy atom. The van der Waals surface area contributed by atoms with Crippen LogP contribution in [0.1, 0.15) is 45.1 Å². The van der Waals surface area contributed by atoms with Crippen molar-refractivity contribution in [2.24, 2.45) is 5.92 Å². The van der Waals surface area contributed by atoms with Gasteiger partial charge in [-0.1, -0.05) is 37.3 Å². The van der Waals surface area contributed by atoms with Crippen molar-refractivity contribution in [2.45, 2.75) is 45.9 Å². The maximum absolute atomic E-state index is 12.7. The second kappa shape index (κ2) is 14.0. The first-order valence-corrected chi connectivity index (χ1v) is 12.9. The molecule has 2 amide bonds. The fraction of sp³-hybridized carbons (Fsp3) is 0.536. The van der Waals surface area contributed by atoms with Gasteiger partial charge in [0.2, 0.25) is 5.91 Å². The van der Waals surface area contributed by atoms with Crippen molar-refractivity contribution in [3.05, 3.63) is 60.1 Å². The monoisotopic (exact) mass is 529 g/mol. The molecule has 0 spiro atoms. The van der Waals surface area contributed by atoms with E-state index in [4.69, 9.17) is 18.6 Å². The highest BCUT2D eigenvalue weighted by Gasteiger charge is 2.27. The number of esters is 1. The molecular formula is C28H39N3O7. The molecule has 0 aliphatic carbocycles. The van der Waals surface area contributed by atoms with Gasteiger partial charge in [-0.2, -0.15) is 0 Å². The van der Waals surface area contributed by atoms with E-state index in [0.717, 1.165) is 5.56 Å². The van der Waals surface area contributed by atoms with Crippen LogP contribution in [0.5, 0.6) is 0 Å². The molecule has 1 aromatic carbocycles. The first-order valence-electron chi connectivity index (χ1n) is 12.9. The second-order valence-electron chi connectivity index (χ2n) is 10.4. The molecule has 1 saturated heterocycles. The lowest BCUT2D eigenvalue weighted by Gasteiger charge is -2.34. The number of rotatable bonds is 11. The van der Waals surface area contributed by atoms with Crippen LogP contribution >= 0.6 is 0 Å². The second-order valence-corrected chi connectivity index (χ2v) is 10.4. The number of nitrogens with zero attached hydrogens (tertiary/aromatic N) is 2. The molecule has 0 bridgehead atoms. The number of furan rings is 1. The lowest BCUT2D eigenvalue weighted by molar-refractivity contribution is -0.153. The minimum Gasteiger partial charge on any atom is -0.468 e. The molecule has 1 fully saturated rings. The standard InChI is InChI=1S/C28H39N3O7/c1-21(26(23-11-8-16-36-23)29-17-25(33)38-28(2,3)4)18-35-20-24(32)30-12-14-31(15-13-30)27(34)37-19-22-9-6-5-7-10-22/h5-11,16,21,26,29H,12-15,17-20H2,1-4H3/t21-,26+/m1/s1. The summed E-state index contributed by atoms with van der Waals surface area (Å²) in [4.78, 5) is 40.5. The van der Waals surface area contributed by atoms with Gasteiger partial charge in [0.05, 0.1) is 25.5 Å². The van der Waals surface area contributed by atoms with Crippen LogP contribution in [0.4, 0.5) is 4.79 Å². The fourth-order valence-corrected chi connectivity index (χ4v) is 4.09. The van der Waals surface area contributed by atoms with E-state index in [9.17, 15) is 14.4 Å². The number of hydrogen-bond donors (Lipinski definition) is 1. The molecule has 10 nitrogen and oxygen atoms in total. The Kier molecular flexibility index (Phi) is 10.7. The number of benzene rings is 1. The smallest absolute Gasteiger partial charge is 0.410 e. The Balaban J connectivity index is 1.39. The molecule has 1 aliphatic rings. The van der Waals surface area contributed by atoms with E-state index in [2.05, 4.69) is 5.32 Å². The van der Waals surface area contributed by atoms with E-state index in [-0.39, 0.29) is 56.3 Å². The summed E-state index contributed by atoms with van der Waals surface area (Å²) < 4.78 is 22.1. The Morgan fingerprint density at radius 1 is 1.00 bits per heavy atom. The van der Waals surface area contributed by atoms with E-state index in [1.54, 1.807) is 22.1 Å². The molecule has 3 rings (SSSR count). The van der Waals surface area contributed by atoms with Gasteiger partial charge in [-0.3, -0.25) is 14.9 Å². The number of nitrogens with one attached hydrogen (secondary N) is 1. The highest BCUT2D eigenvalue weighted by Crippen LogP contribution is 2.23. The highest BCUT2D eigenvalue weighted by atomic mass is 16.6. The Labute approximate surface area is 224 Å². The predicted molar refractivity (Wildman–Crippen MR) is 140 cm³/mol. The number of hydrogen-bond acceptors (Lipinski definition) is 8. The maximum Gasteiger partial charge on any atom is 0.410 e. The van der Waals surface area contributed by atoms with Gasteiger partial charge in [0.25, 0.3) is 0 Å². The molecule has 0 unspecified atom stereocenters. The van der Waals surface area contributed by atoms with Crippen LogP contribution in [0, 0.1) is 5.92 Å². The third-order valence-electron chi connectivity index (χ3n) is 6.01. The summed E-state index contributed by atoms with van der Waals surface area (Å²) in [5, 5.41) is 3.19. The summed E-state index contributed by atoms with van der Waals surface area (Å²) in [5.41, 5.74) is 0.359. The van der Waals surface area contributed by atoms with Crippen molar-refractivity contribution in [3.63, 3.8) is 0 Å². The maximum atomic E-state index is 12.7. The molecule has 208 valence electrons. The van der Waals surface area contributed by atoms with Crippen molar-refractivity contribution in [1.82, 2.24) is 15.1 Å². The molecule has 1 aromatic heterocycles. The lowest BCUT2D eigenvalue weighted by Crippen LogP contribution is -2.51. The van der Waals surface area contributed by atoms with Crippen LogP contribution in [0.2, 0.25) is 0 Å². The van der Waals surface area contributed by atoms with E-state index in [0.29, 0.717) is 31.9 Å². The zero-order valence-corrected chi connectivity index (χ0v) is 22.7. The number of carbonyl (C=O) groups excluding carboxylic acids is 3. The van der Waals surface area contributed by atoms with Gasteiger partial charge in [-0.15, -0.1) is 0 Å². The Bertz CT molecular complexity index is 1010.